The minimum atomic E-state index is 0.0218. The van der Waals surface area contributed by atoms with Gasteiger partial charge in [0.05, 0.1) is 13.2 Å². The molecule has 0 N–H and O–H groups in total. The predicted molar refractivity (Wildman–Crippen MR) is 86.1 cm³/mol. The average molecular weight is 320 g/mol. The monoisotopic (exact) mass is 320 g/mol. The maximum Gasteiger partial charge on any atom is 0.282 e. The Morgan fingerprint density at radius 2 is 2.09 bits per heavy atom. The van der Waals surface area contributed by atoms with Crippen LogP contribution in [0.1, 0.15) is 24.4 Å². The van der Waals surface area contributed by atoms with Gasteiger partial charge in [0.25, 0.3) is 5.24 Å². The number of benzene rings is 1. The first kappa shape index (κ1) is 15.2. The second kappa shape index (κ2) is 6.60. The molecule has 0 radical (unpaired) electrons. The van der Waals surface area contributed by atoms with Crippen LogP contribution in [0.5, 0.6) is 5.75 Å². The van der Waals surface area contributed by atoms with Crippen molar-refractivity contribution in [3.05, 3.63) is 29.8 Å². The summed E-state index contributed by atoms with van der Waals surface area (Å²) in [5.41, 5.74) is 1.13. The molecule has 6 heteroatoms. The summed E-state index contributed by atoms with van der Waals surface area (Å²) in [5.74, 6) is 1.65. The van der Waals surface area contributed by atoms with Gasteiger partial charge in [-0.1, -0.05) is 23.9 Å². The van der Waals surface area contributed by atoms with E-state index in [4.69, 9.17) is 4.74 Å². The predicted octanol–water partition coefficient (Wildman–Crippen LogP) is 2.53. The molecule has 0 saturated carbocycles. The number of thioether (sulfide) groups is 1. The van der Waals surface area contributed by atoms with Gasteiger partial charge in [0.1, 0.15) is 12.3 Å². The van der Waals surface area contributed by atoms with Crippen molar-refractivity contribution in [1.82, 2.24) is 9.80 Å². The Kier molecular flexibility index (Phi) is 4.57. The summed E-state index contributed by atoms with van der Waals surface area (Å²) in [7, 11) is 1.64. The van der Waals surface area contributed by atoms with E-state index in [0.29, 0.717) is 6.54 Å². The topological polar surface area (TPSA) is 49.9 Å². The van der Waals surface area contributed by atoms with Gasteiger partial charge in [0.2, 0.25) is 5.91 Å². The van der Waals surface area contributed by atoms with Crippen LogP contribution in [0.4, 0.5) is 4.79 Å². The summed E-state index contributed by atoms with van der Waals surface area (Å²) < 4.78 is 5.18. The molecule has 118 valence electrons. The Bertz CT molecular complexity index is 561. The Morgan fingerprint density at radius 1 is 1.32 bits per heavy atom. The van der Waals surface area contributed by atoms with Gasteiger partial charge < -0.3 is 14.5 Å². The van der Waals surface area contributed by atoms with Crippen LogP contribution in [-0.2, 0) is 4.79 Å². The Labute approximate surface area is 134 Å². The van der Waals surface area contributed by atoms with E-state index in [1.807, 2.05) is 29.2 Å². The number of carbonyl (C=O) groups excluding carboxylic acids is 2. The van der Waals surface area contributed by atoms with Crippen LogP contribution >= 0.6 is 11.8 Å². The Morgan fingerprint density at radius 3 is 2.73 bits per heavy atom. The smallest absolute Gasteiger partial charge is 0.282 e. The van der Waals surface area contributed by atoms with Crippen LogP contribution in [0.2, 0.25) is 0 Å². The van der Waals surface area contributed by atoms with Crippen molar-refractivity contribution in [2.45, 2.75) is 18.9 Å². The highest BCUT2D eigenvalue weighted by Gasteiger charge is 2.32. The van der Waals surface area contributed by atoms with Gasteiger partial charge in [-0.15, -0.1) is 0 Å². The van der Waals surface area contributed by atoms with Crippen molar-refractivity contribution in [3.63, 3.8) is 0 Å². The molecule has 2 saturated heterocycles. The van der Waals surface area contributed by atoms with E-state index in [9.17, 15) is 9.59 Å². The van der Waals surface area contributed by atoms with Crippen LogP contribution in [0.3, 0.4) is 0 Å². The largest absolute Gasteiger partial charge is 0.497 e. The zero-order valence-corrected chi connectivity index (χ0v) is 13.5. The second-order valence-corrected chi connectivity index (χ2v) is 6.60. The lowest BCUT2D eigenvalue weighted by Gasteiger charge is -2.27. The van der Waals surface area contributed by atoms with E-state index in [-0.39, 0.29) is 23.7 Å². The van der Waals surface area contributed by atoms with Crippen LogP contribution in [0.25, 0.3) is 0 Å². The van der Waals surface area contributed by atoms with Gasteiger partial charge in [-0.25, -0.2) is 0 Å². The van der Waals surface area contributed by atoms with Crippen molar-refractivity contribution in [2.75, 3.05) is 32.5 Å². The molecule has 3 rings (SSSR count). The molecule has 2 fully saturated rings. The minimum absolute atomic E-state index is 0.0218. The molecule has 2 aliphatic heterocycles. The Balaban J connectivity index is 1.69. The van der Waals surface area contributed by atoms with Gasteiger partial charge in [-0.2, -0.15) is 0 Å². The van der Waals surface area contributed by atoms with Crippen molar-refractivity contribution in [2.24, 2.45) is 0 Å². The van der Waals surface area contributed by atoms with E-state index in [2.05, 4.69) is 0 Å². The van der Waals surface area contributed by atoms with Crippen molar-refractivity contribution in [3.8, 4) is 5.75 Å². The summed E-state index contributed by atoms with van der Waals surface area (Å²) in [4.78, 5) is 27.8. The molecule has 0 unspecified atom stereocenters. The molecule has 0 aromatic heterocycles. The number of hydrogen-bond donors (Lipinski definition) is 0. The summed E-state index contributed by atoms with van der Waals surface area (Å²) >= 11 is 1.29. The highest BCUT2D eigenvalue weighted by atomic mass is 32.2. The molecular weight excluding hydrogens is 300 g/mol. The lowest BCUT2D eigenvalue weighted by molar-refractivity contribution is -0.132. The standard InChI is InChI=1S/C16H20N2O3S/c1-21-13-6-4-12(5-7-13)14-3-2-8-18(14)15(19)11-17-9-10-22-16(17)20/h4-7,14H,2-3,8-11H2,1H3/t14-/m0/s1. The number of ether oxygens (including phenoxy) is 1. The van der Waals surface area contributed by atoms with Gasteiger partial charge in [0.15, 0.2) is 0 Å². The summed E-state index contributed by atoms with van der Waals surface area (Å²) in [6.45, 7) is 1.65. The first-order chi connectivity index (χ1) is 10.7. The Hall–Kier alpha value is -1.69. The molecule has 0 aliphatic carbocycles. The number of amides is 2. The normalized spacial score (nSPS) is 21.5. The highest BCUT2D eigenvalue weighted by Crippen LogP contribution is 2.33. The third-order valence-corrected chi connectivity index (χ3v) is 5.14. The lowest BCUT2D eigenvalue weighted by atomic mass is 10.0. The van der Waals surface area contributed by atoms with Crippen molar-refractivity contribution >= 4 is 22.9 Å². The highest BCUT2D eigenvalue weighted by molar-refractivity contribution is 8.13. The number of likely N-dealkylation sites (tertiary alicyclic amines) is 1. The number of methoxy groups -OCH3 is 1. The van der Waals surface area contributed by atoms with E-state index in [1.165, 1.54) is 11.8 Å². The van der Waals surface area contributed by atoms with Crippen LogP contribution in [0.15, 0.2) is 24.3 Å². The van der Waals surface area contributed by atoms with Crippen LogP contribution in [0, 0.1) is 0 Å². The van der Waals surface area contributed by atoms with Crippen molar-refractivity contribution < 1.29 is 14.3 Å². The molecule has 0 bridgehead atoms. The molecule has 1 aromatic carbocycles. The SMILES string of the molecule is COc1ccc([C@@H]2CCCN2C(=O)CN2CCSC2=O)cc1. The van der Waals surface area contributed by atoms with E-state index in [0.717, 1.165) is 36.5 Å². The summed E-state index contributed by atoms with van der Waals surface area (Å²) in [6.07, 6.45) is 1.98. The molecule has 1 atom stereocenters. The van der Waals surface area contributed by atoms with Crippen LogP contribution in [-0.4, -0.2) is 53.4 Å². The maximum absolute atomic E-state index is 12.6. The fourth-order valence-corrected chi connectivity index (χ4v) is 3.89. The third kappa shape index (κ3) is 3.06. The van der Waals surface area contributed by atoms with E-state index >= 15 is 0 Å². The second-order valence-electron chi connectivity index (χ2n) is 5.55. The van der Waals surface area contributed by atoms with Gasteiger partial charge in [0, 0.05) is 18.8 Å². The first-order valence-electron chi connectivity index (χ1n) is 7.54. The maximum atomic E-state index is 12.6. The minimum Gasteiger partial charge on any atom is -0.497 e. The average Bonchev–Trinajstić information content (AvgIpc) is 3.17. The molecular formula is C16H20N2O3S. The molecule has 2 aliphatic rings. The fraction of sp³-hybridized carbons (Fsp3) is 0.500. The van der Waals surface area contributed by atoms with E-state index < -0.39 is 0 Å². The summed E-state index contributed by atoms with van der Waals surface area (Å²) in [5, 5.41) is 0.0218. The number of hydrogen-bond acceptors (Lipinski definition) is 4. The molecule has 0 spiro atoms. The zero-order valence-electron chi connectivity index (χ0n) is 12.7. The number of carbonyl (C=O) groups is 2. The van der Waals surface area contributed by atoms with Crippen LogP contribution < -0.4 is 4.74 Å². The molecule has 2 amide bonds. The number of nitrogens with zero attached hydrogens (tertiary/aromatic N) is 2. The third-order valence-electron chi connectivity index (χ3n) is 4.24. The zero-order chi connectivity index (χ0) is 15.5. The quantitative estimate of drug-likeness (QED) is 0.855. The summed E-state index contributed by atoms with van der Waals surface area (Å²) in [6, 6.07) is 8.01. The lowest BCUT2D eigenvalue weighted by Crippen LogP contribution is -2.40. The molecule has 5 nitrogen and oxygen atoms in total. The molecule has 22 heavy (non-hydrogen) atoms. The van der Waals surface area contributed by atoms with Crippen molar-refractivity contribution in [1.29, 1.82) is 0 Å². The van der Waals surface area contributed by atoms with Gasteiger partial charge in [-0.05, 0) is 30.5 Å². The first-order valence-corrected chi connectivity index (χ1v) is 8.52. The van der Waals surface area contributed by atoms with Gasteiger partial charge in [-0.3, -0.25) is 9.59 Å². The molecule has 1 aromatic rings. The molecule has 2 heterocycles. The number of rotatable bonds is 4. The van der Waals surface area contributed by atoms with E-state index in [1.54, 1.807) is 12.0 Å². The van der Waals surface area contributed by atoms with Gasteiger partial charge >= 0.3 is 0 Å². The fourth-order valence-electron chi connectivity index (χ4n) is 3.06.